The van der Waals surface area contributed by atoms with Gasteiger partial charge in [-0.25, -0.2) is 0 Å². The quantitative estimate of drug-likeness (QED) is 0.0292. The Morgan fingerprint density at radius 1 is 0.459 bits per heavy atom. The van der Waals surface area contributed by atoms with Crippen LogP contribution in [0.2, 0.25) is 0 Å². The first-order valence-electron chi connectivity index (χ1n) is 25.7. The van der Waals surface area contributed by atoms with Crippen LogP contribution >= 0.6 is 0 Å². The zero-order chi connectivity index (χ0) is 45.0. The summed E-state index contributed by atoms with van der Waals surface area (Å²) in [6.07, 6.45) is 30.3. The summed E-state index contributed by atoms with van der Waals surface area (Å²) in [7, 11) is 0. The van der Waals surface area contributed by atoms with Gasteiger partial charge in [0.1, 0.15) is 30.5 Å². The molecule has 11 nitrogen and oxygen atoms in total. The van der Waals surface area contributed by atoms with Crippen molar-refractivity contribution in [1.82, 2.24) is 4.90 Å². The van der Waals surface area contributed by atoms with Crippen molar-refractivity contribution >= 4 is 11.9 Å². The first kappa shape index (κ1) is 59.7. The summed E-state index contributed by atoms with van der Waals surface area (Å²) in [4.78, 5) is 27.4. The zero-order valence-electron chi connectivity index (χ0n) is 39.9. The number of esters is 2. The summed E-state index contributed by atoms with van der Waals surface area (Å²) in [5.41, 5.74) is 0. The summed E-state index contributed by atoms with van der Waals surface area (Å²) in [5.74, 6) is -0.159. The predicted octanol–water partition coefficient (Wildman–Crippen LogP) is 10.1. The topological polar surface area (TPSA) is 166 Å². The Hall–Kier alpha value is -1.34. The average molecular weight is 874 g/mol. The molecular weight excluding hydrogens is 775 g/mol. The molecule has 61 heavy (non-hydrogen) atoms. The van der Waals surface area contributed by atoms with E-state index < -0.39 is 31.0 Å². The van der Waals surface area contributed by atoms with Crippen molar-refractivity contribution in [3.05, 3.63) is 0 Å². The van der Waals surface area contributed by atoms with E-state index in [1.165, 1.54) is 109 Å². The van der Waals surface area contributed by atoms with Crippen LogP contribution in [-0.2, 0) is 23.8 Å². The van der Waals surface area contributed by atoms with Crippen molar-refractivity contribution in [2.75, 3.05) is 46.1 Å². The van der Waals surface area contributed by atoms with Crippen molar-refractivity contribution in [3.8, 4) is 0 Å². The van der Waals surface area contributed by atoms with Crippen LogP contribution in [0.15, 0.2) is 0 Å². The first-order chi connectivity index (χ1) is 29.7. The van der Waals surface area contributed by atoms with Gasteiger partial charge in [-0.1, -0.05) is 162 Å². The minimum absolute atomic E-state index is 0.0445. The molecule has 0 fully saturated rings. The Kier molecular flexibility index (Phi) is 44.2. The molecule has 0 aliphatic rings. The third-order valence-electron chi connectivity index (χ3n) is 11.9. The zero-order valence-corrected chi connectivity index (χ0v) is 39.9. The second-order valence-corrected chi connectivity index (χ2v) is 17.8. The molecule has 0 rings (SSSR count). The molecule has 0 saturated heterocycles. The Balaban J connectivity index is 4.62. The van der Waals surface area contributed by atoms with Crippen molar-refractivity contribution in [2.24, 2.45) is 0 Å². The summed E-state index contributed by atoms with van der Waals surface area (Å²) in [6, 6.07) is 0. The number of rotatable bonds is 48. The molecule has 0 bridgehead atoms. The lowest BCUT2D eigenvalue weighted by Crippen LogP contribution is -2.47. The molecule has 5 N–H and O–H groups in total. The summed E-state index contributed by atoms with van der Waals surface area (Å²) in [6.45, 7) is 8.94. The normalized spacial score (nSPS) is 13.8. The summed E-state index contributed by atoms with van der Waals surface area (Å²) in [5, 5.41) is 48.8. The highest BCUT2D eigenvalue weighted by Crippen LogP contribution is 2.19. The monoisotopic (exact) mass is 874 g/mol. The molecule has 0 saturated carbocycles. The van der Waals surface area contributed by atoms with E-state index in [0.717, 1.165) is 103 Å². The van der Waals surface area contributed by atoms with Gasteiger partial charge in [0.25, 0.3) is 0 Å². The fourth-order valence-corrected chi connectivity index (χ4v) is 7.79. The summed E-state index contributed by atoms with van der Waals surface area (Å²) >= 11 is 0. The molecular formula is C50H99NO10. The minimum atomic E-state index is -1.68. The Morgan fingerprint density at radius 3 is 1.38 bits per heavy atom. The molecule has 0 radical (unpaired) electrons. The number of aliphatic hydroxyl groups is 5. The van der Waals surface area contributed by atoms with Gasteiger partial charge in [0, 0.05) is 19.4 Å². The van der Waals surface area contributed by atoms with E-state index in [-0.39, 0.29) is 24.6 Å². The smallest absolute Gasteiger partial charge is 0.306 e. The van der Waals surface area contributed by atoms with Crippen LogP contribution in [0, 0.1) is 0 Å². The standard InChI is InChI=1S/C50H99NO10/c1-4-7-10-13-16-17-18-24-32-40-60-47(55)35-29-25-31-38-51(39-41-59-43-46(54)50(58)49(57)45(53)42-52)37-30-23-19-22-28-36-48(56)61-44(33-26-20-14-11-8-5-2)34-27-21-15-12-9-6-3/h44-46,49-50,52-54,57-58H,4-43H2,1-3H3/t45-,46-,49-,50-/m0/s1. The van der Waals surface area contributed by atoms with E-state index in [9.17, 15) is 30.0 Å². The number of hydrogen-bond acceptors (Lipinski definition) is 11. The molecule has 0 unspecified atom stereocenters. The van der Waals surface area contributed by atoms with Crippen LogP contribution in [-0.4, -0.2) is 119 Å². The molecule has 0 heterocycles. The van der Waals surface area contributed by atoms with Crippen molar-refractivity contribution in [1.29, 1.82) is 0 Å². The maximum absolute atomic E-state index is 12.8. The van der Waals surface area contributed by atoms with Gasteiger partial charge in [-0.2, -0.15) is 0 Å². The molecule has 0 aliphatic carbocycles. The van der Waals surface area contributed by atoms with E-state index in [0.29, 0.717) is 32.6 Å². The SMILES string of the molecule is CCCCCCCCCCCOC(=O)CCCCCN(CCCCCCCC(=O)OC(CCCCCCCC)CCCCCCCC)CCOC[C@H](O)[C@H](O)[C@@H](O)[C@@H](O)CO. The van der Waals surface area contributed by atoms with Gasteiger partial charge in [0.2, 0.25) is 0 Å². The highest BCUT2D eigenvalue weighted by atomic mass is 16.5. The molecule has 0 aromatic rings. The molecule has 0 amide bonds. The Morgan fingerprint density at radius 2 is 0.869 bits per heavy atom. The summed E-state index contributed by atoms with van der Waals surface area (Å²) < 4.78 is 17.1. The average Bonchev–Trinajstić information content (AvgIpc) is 3.26. The third kappa shape index (κ3) is 38.8. The van der Waals surface area contributed by atoms with E-state index in [1.54, 1.807) is 0 Å². The van der Waals surface area contributed by atoms with Gasteiger partial charge >= 0.3 is 11.9 Å². The third-order valence-corrected chi connectivity index (χ3v) is 11.9. The first-order valence-corrected chi connectivity index (χ1v) is 25.7. The number of hydrogen-bond donors (Lipinski definition) is 5. The van der Waals surface area contributed by atoms with Crippen molar-refractivity contribution in [2.45, 2.75) is 263 Å². The van der Waals surface area contributed by atoms with Gasteiger partial charge in [-0.05, 0) is 70.9 Å². The van der Waals surface area contributed by atoms with Gasteiger partial charge in [0.15, 0.2) is 0 Å². The van der Waals surface area contributed by atoms with Crippen molar-refractivity contribution in [3.63, 3.8) is 0 Å². The molecule has 0 aromatic heterocycles. The van der Waals surface area contributed by atoms with Crippen LogP contribution in [0.4, 0.5) is 0 Å². The highest BCUT2D eigenvalue weighted by Gasteiger charge is 2.30. The van der Waals surface area contributed by atoms with E-state index >= 15 is 0 Å². The number of carbonyl (C=O) groups is 2. The molecule has 0 aliphatic heterocycles. The Bertz CT molecular complexity index is 926. The van der Waals surface area contributed by atoms with Gasteiger partial charge in [-0.15, -0.1) is 0 Å². The van der Waals surface area contributed by atoms with E-state index in [1.807, 2.05) is 0 Å². The van der Waals surface area contributed by atoms with Crippen LogP contribution < -0.4 is 0 Å². The molecule has 364 valence electrons. The maximum atomic E-state index is 12.8. The molecule has 0 spiro atoms. The Labute approximate surface area is 374 Å². The molecule has 0 aromatic carbocycles. The lowest BCUT2D eigenvalue weighted by atomic mass is 10.0. The lowest BCUT2D eigenvalue weighted by molar-refractivity contribution is -0.150. The molecule has 4 atom stereocenters. The van der Waals surface area contributed by atoms with Crippen LogP contribution in [0.3, 0.4) is 0 Å². The number of aliphatic hydroxyl groups excluding tert-OH is 5. The number of ether oxygens (including phenoxy) is 3. The van der Waals surface area contributed by atoms with Crippen LogP contribution in [0.1, 0.15) is 233 Å². The van der Waals surface area contributed by atoms with Gasteiger partial charge in [-0.3, -0.25) is 9.59 Å². The lowest BCUT2D eigenvalue weighted by Gasteiger charge is -2.26. The van der Waals surface area contributed by atoms with Gasteiger partial charge in [0.05, 0.1) is 26.4 Å². The van der Waals surface area contributed by atoms with Crippen LogP contribution in [0.5, 0.6) is 0 Å². The fourth-order valence-electron chi connectivity index (χ4n) is 7.79. The number of nitrogens with zero attached hydrogens (tertiary/aromatic N) is 1. The second-order valence-electron chi connectivity index (χ2n) is 17.8. The fraction of sp³-hybridized carbons (Fsp3) is 0.960. The maximum Gasteiger partial charge on any atom is 0.306 e. The number of unbranched alkanes of at least 4 members (excludes halogenated alkanes) is 24. The largest absolute Gasteiger partial charge is 0.466 e. The highest BCUT2D eigenvalue weighted by molar-refractivity contribution is 5.69. The number of carbonyl (C=O) groups excluding carboxylic acids is 2. The van der Waals surface area contributed by atoms with Gasteiger partial charge < -0.3 is 44.6 Å². The minimum Gasteiger partial charge on any atom is -0.466 e. The second kappa shape index (κ2) is 45.2. The van der Waals surface area contributed by atoms with Crippen molar-refractivity contribution < 1.29 is 49.3 Å². The molecule has 11 heteroatoms. The predicted molar refractivity (Wildman–Crippen MR) is 249 cm³/mol. The van der Waals surface area contributed by atoms with E-state index in [4.69, 9.17) is 19.3 Å². The van der Waals surface area contributed by atoms with E-state index in [2.05, 4.69) is 25.7 Å². The van der Waals surface area contributed by atoms with Crippen LogP contribution in [0.25, 0.3) is 0 Å².